The van der Waals surface area contributed by atoms with Crippen molar-refractivity contribution in [3.63, 3.8) is 0 Å². The van der Waals surface area contributed by atoms with Gasteiger partial charge >= 0.3 is 12.2 Å². The van der Waals surface area contributed by atoms with Crippen LogP contribution >= 0.6 is 0 Å². The molecule has 206 valence electrons. The van der Waals surface area contributed by atoms with Crippen molar-refractivity contribution in [1.82, 2.24) is 15.5 Å². The fraction of sp³-hybridized carbons (Fsp3) is 0.724. The molecule has 36 heavy (non-hydrogen) atoms. The number of ether oxygens (including phenoxy) is 2. The monoisotopic (exact) mass is 505 g/mol. The molecule has 7 nitrogen and oxygen atoms in total. The number of hydrogen-bond acceptors (Lipinski definition) is 5. The molecule has 7 heteroatoms. The van der Waals surface area contributed by atoms with Gasteiger partial charge in [0.1, 0.15) is 11.2 Å². The molecule has 0 spiro atoms. The minimum absolute atomic E-state index is 0.336. The number of alkyl carbamates (subject to hydrolysis) is 2. The summed E-state index contributed by atoms with van der Waals surface area (Å²) in [6.07, 6.45) is 8.06. The Morgan fingerprint density at radius 1 is 0.667 bits per heavy atom. The third-order valence-corrected chi connectivity index (χ3v) is 5.39. The summed E-state index contributed by atoms with van der Waals surface area (Å²) in [5.41, 5.74) is 0.438. The Hall–Kier alpha value is -2.28. The van der Waals surface area contributed by atoms with Gasteiger partial charge in [0, 0.05) is 19.6 Å². The van der Waals surface area contributed by atoms with E-state index in [2.05, 4.69) is 45.9 Å². The standard InChI is InChI=1S/C29H51N3O4/c1-28(2,3)35-26(33)30-20-14-7-9-16-22-32(24-25-18-12-11-13-19-25)23-17-10-8-15-21-31-27(34)36-29(4,5)6/h11-13,18-19H,7-10,14-17,20-24H2,1-6H3,(H,30,33)(H,31,34). The average molecular weight is 506 g/mol. The fourth-order valence-corrected chi connectivity index (χ4v) is 3.75. The van der Waals surface area contributed by atoms with Crippen LogP contribution in [-0.2, 0) is 16.0 Å². The van der Waals surface area contributed by atoms with Gasteiger partial charge in [-0.05, 0) is 85.9 Å². The lowest BCUT2D eigenvalue weighted by molar-refractivity contribution is 0.0515. The highest BCUT2D eigenvalue weighted by Gasteiger charge is 2.16. The quantitative estimate of drug-likeness (QED) is 0.246. The van der Waals surface area contributed by atoms with Crippen LogP contribution in [0.4, 0.5) is 9.59 Å². The Morgan fingerprint density at radius 3 is 1.50 bits per heavy atom. The predicted octanol–water partition coefficient (Wildman–Crippen LogP) is 6.66. The summed E-state index contributed by atoms with van der Waals surface area (Å²) in [5.74, 6) is 0. The molecule has 0 saturated heterocycles. The van der Waals surface area contributed by atoms with Gasteiger partial charge in [-0.25, -0.2) is 9.59 Å². The SMILES string of the molecule is CC(C)(C)OC(=O)NCCCCCCN(CCCCCCNC(=O)OC(C)(C)C)Cc1ccccc1. The van der Waals surface area contributed by atoms with E-state index in [9.17, 15) is 9.59 Å². The van der Waals surface area contributed by atoms with Gasteiger partial charge in [0.05, 0.1) is 0 Å². The lowest BCUT2D eigenvalue weighted by Crippen LogP contribution is -2.33. The van der Waals surface area contributed by atoms with E-state index in [1.165, 1.54) is 5.56 Å². The normalized spacial score (nSPS) is 11.9. The Labute approximate surface area is 219 Å². The van der Waals surface area contributed by atoms with E-state index in [0.29, 0.717) is 13.1 Å². The van der Waals surface area contributed by atoms with Gasteiger partial charge in [-0.3, -0.25) is 4.90 Å². The molecule has 2 amide bonds. The van der Waals surface area contributed by atoms with Crippen molar-refractivity contribution in [3.05, 3.63) is 35.9 Å². The van der Waals surface area contributed by atoms with Crippen molar-refractivity contribution in [2.45, 2.75) is 111 Å². The average Bonchev–Trinajstić information content (AvgIpc) is 2.75. The number of hydrogen-bond donors (Lipinski definition) is 2. The molecule has 1 rings (SSSR count). The van der Waals surface area contributed by atoms with Crippen LogP contribution in [0.15, 0.2) is 30.3 Å². The summed E-state index contributed by atoms with van der Waals surface area (Å²) in [5, 5.41) is 5.67. The number of amides is 2. The molecule has 0 heterocycles. The van der Waals surface area contributed by atoms with Crippen molar-refractivity contribution < 1.29 is 19.1 Å². The third-order valence-electron chi connectivity index (χ3n) is 5.39. The van der Waals surface area contributed by atoms with Crippen LogP contribution in [0.2, 0.25) is 0 Å². The Bertz CT molecular complexity index is 684. The molecule has 1 aromatic carbocycles. The first-order chi connectivity index (χ1) is 16.9. The van der Waals surface area contributed by atoms with Gasteiger partial charge in [0.15, 0.2) is 0 Å². The van der Waals surface area contributed by atoms with E-state index in [1.807, 2.05) is 41.5 Å². The molecular formula is C29H51N3O4. The lowest BCUT2D eigenvalue weighted by Gasteiger charge is -2.22. The van der Waals surface area contributed by atoms with Gasteiger partial charge in [0.2, 0.25) is 0 Å². The van der Waals surface area contributed by atoms with Crippen LogP contribution in [0.3, 0.4) is 0 Å². The summed E-state index contributed by atoms with van der Waals surface area (Å²) in [7, 11) is 0. The molecule has 0 aliphatic heterocycles. The molecule has 0 aromatic heterocycles. The summed E-state index contributed by atoms with van der Waals surface area (Å²) >= 11 is 0. The maximum atomic E-state index is 11.7. The molecule has 0 aliphatic carbocycles. The maximum Gasteiger partial charge on any atom is 0.407 e. The number of nitrogens with one attached hydrogen (secondary N) is 2. The molecule has 0 atom stereocenters. The number of benzene rings is 1. The van der Waals surface area contributed by atoms with Crippen LogP contribution in [0.5, 0.6) is 0 Å². The summed E-state index contributed by atoms with van der Waals surface area (Å²) in [6.45, 7) is 15.7. The Kier molecular flexibility index (Phi) is 15.2. The molecule has 0 fully saturated rings. The van der Waals surface area contributed by atoms with Crippen molar-refractivity contribution in [1.29, 1.82) is 0 Å². The largest absolute Gasteiger partial charge is 0.444 e. The number of unbranched alkanes of at least 4 members (excludes halogenated alkanes) is 6. The smallest absolute Gasteiger partial charge is 0.407 e. The molecule has 0 aliphatic rings. The third kappa shape index (κ3) is 19.0. The van der Waals surface area contributed by atoms with Crippen LogP contribution in [-0.4, -0.2) is 54.5 Å². The molecule has 0 unspecified atom stereocenters. The number of nitrogens with zero attached hydrogens (tertiary/aromatic N) is 1. The molecule has 0 saturated carbocycles. The van der Waals surface area contributed by atoms with Crippen molar-refractivity contribution in [3.8, 4) is 0 Å². The lowest BCUT2D eigenvalue weighted by atomic mass is 10.1. The van der Waals surface area contributed by atoms with E-state index >= 15 is 0 Å². The van der Waals surface area contributed by atoms with Gasteiger partial charge in [-0.15, -0.1) is 0 Å². The Morgan fingerprint density at radius 2 is 1.08 bits per heavy atom. The predicted molar refractivity (Wildman–Crippen MR) is 147 cm³/mol. The highest BCUT2D eigenvalue weighted by atomic mass is 16.6. The van der Waals surface area contributed by atoms with Gasteiger partial charge in [-0.1, -0.05) is 56.0 Å². The molecule has 1 aromatic rings. The van der Waals surface area contributed by atoms with E-state index < -0.39 is 11.2 Å². The highest BCUT2D eigenvalue weighted by Crippen LogP contribution is 2.11. The first-order valence-electron chi connectivity index (χ1n) is 13.6. The van der Waals surface area contributed by atoms with E-state index in [4.69, 9.17) is 9.47 Å². The van der Waals surface area contributed by atoms with Crippen LogP contribution in [0, 0.1) is 0 Å². The van der Waals surface area contributed by atoms with E-state index in [0.717, 1.165) is 71.0 Å². The van der Waals surface area contributed by atoms with Crippen molar-refractivity contribution in [2.24, 2.45) is 0 Å². The van der Waals surface area contributed by atoms with Gasteiger partial charge in [0.25, 0.3) is 0 Å². The fourth-order valence-electron chi connectivity index (χ4n) is 3.75. The van der Waals surface area contributed by atoms with Gasteiger partial charge in [-0.2, -0.15) is 0 Å². The Balaban J connectivity index is 2.23. The summed E-state index contributed by atoms with van der Waals surface area (Å²) < 4.78 is 10.5. The molecule has 0 bridgehead atoms. The highest BCUT2D eigenvalue weighted by molar-refractivity contribution is 5.67. The molecular weight excluding hydrogens is 454 g/mol. The van der Waals surface area contributed by atoms with E-state index in [1.54, 1.807) is 0 Å². The zero-order valence-corrected chi connectivity index (χ0v) is 23.7. The van der Waals surface area contributed by atoms with Crippen molar-refractivity contribution in [2.75, 3.05) is 26.2 Å². The number of rotatable bonds is 16. The topological polar surface area (TPSA) is 79.9 Å². The number of carbonyl (C=O) groups is 2. The minimum atomic E-state index is -0.455. The molecule has 2 N–H and O–H groups in total. The second kappa shape index (κ2) is 17.2. The van der Waals surface area contributed by atoms with Gasteiger partial charge < -0.3 is 20.1 Å². The second-order valence-corrected chi connectivity index (χ2v) is 11.4. The first kappa shape index (κ1) is 31.7. The molecule has 0 radical (unpaired) electrons. The van der Waals surface area contributed by atoms with Crippen LogP contribution in [0.25, 0.3) is 0 Å². The first-order valence-corrected chi connectivity index (χ1v) is 13.6. The maximum absolute atomic E-state index is 11.7. The van der Waals surface area contributed by atoms with E-state index in [-0.39, 0.29) is 12.2 Å². The minimum Gasteiger partial charge on any atom is -0.444 e. The van der Waals surface area contributed by atoms with Crippen molar-refractivity contribution >= 4 is 12.2 Å². The summed E-state index contributed by atoms with van der Waals surface area (Å²) in [6, 6.07) is 10.6. The second-order valence-electron chi connectivity index (χ2n) is 11.4. The van der Waals surface area contributed by atoms with Crippen LogP contribution < -0.4 is 10.6 Å². The summed E-state index contributed by atoms with van der Waals surface area (Å²) in [4.78, 5) is 26.0. The van der Waals surface area contributed by atoms with Crippen LogP contribution in [0.1, 0.15) is 98.5 Å². The zero-order chi connectivity index (χ0) is 26.9. The zero-order valence-electron chi connectivity index (χ0n) is 23.7. The number of carbonyl (C=O) groups excluding carboxylic acids is 2.